The molecule has 0 heterocycles. The number of rotatable bonds is 2. The lowest BCUT2D eigenvalue weighted by molar-refractivity contribution is -0.137. The van der Waals surface area contributed by atoms with Crippen LogP contribution in [0.4, 0.5) is 18.9 Å². The summed E-state index contributed by atoms with van der Waals surface area (Å²) in [4.78, 5) is 0. The average Bonchev–Trinajstić information content (AvgIpc) is 2.39. The molecule has 0 spiro atoms. The highest BCUT2D eigenvalue weighted by atomic mass is 32.1. The molecule has 106 valence electrons. The summed E-state index contributed by atoms with van der Waals surface area (Å²) >= 11 is 5.08. The highest BCUT2D eigenvalue weighted by molar-refractivity contribution is 7.80. The van der Waals surface area contributed by atoms with Crippen molar-refractivity contribution in [3.8, 4) is 0 Å². The van der Waals surface area contributed by atoms with Gasteiger partial charge in [0.15, 0.2) is 5.11 Å². The largest absolute Gasteiger partial charge is 0.416 e. The number of benzene rings is 1. The van der Waals surface area contributed by atoms with Gasteiger partial charge >= 0.3 is 6.18 Å². The maximum Gasteiger partial charge on any atom is 0.416 e. The zero-order valence-electron chi connectivity index (χ0n) is 10.5. The van der Waals surface area contributed by atoms with Crippen LogP contribution in [0.5, 0.6) is 0 Å². The molecule has 0 fully saturated rings. The molecule has 1 aliphatic rings. The molecule has 0 aromatic heterocycles. The van der Waals surface area contributed by atoms with E-state index in [9.17, 15) is 13.2 Å². The summed E-state index contributed by atoms with van der Waals surface area (Å²) in [7, 11) is 0. The minimum absolute atomic E-state index is 0.266. The van der Waals surface area contributed by atoms with Gasteiger partial charge in [-0.3, -0.25) is 0 Å². The Morgan fingerprint density at radius 2 is 1.95 bits per heavy atom. The van der Waals surface area contributed by atoms with Crippen molar-refractivity contribution in [3.63, 3.8) is 0 Å². The number of alkyl halides is 3. The number of nitrogens with one attached hydrogen (secondary N) is 2. The number of anilines is 1. The number of hydrogen-bond acceptors (Lipinski definition) is 1. The second-order valence-electron chi connectivity index (χ2n) is 4.30. The summed E-state index contributed by atoms with van der Waals surface area (Å²) in [5.41, 5.74) is 0.445. The van der Waals surface area contributed by atoms with Gasteiger partial charge < -0.3 is 10.6 Å². The van der Waals surface area contributed by atoms with E-state index < -0.39 is 11.7 Å². The normalized spacial score (nSPS) is 14.7. The maximum absolute atomic E-state index is 12.6. The van der Waals surface area contributed by atoms with Crippen molar-refractivity contribution in [1.29, 1.82) is 0 Å². The Balaban J connectivity index is 2.01. The van der Waals surface area contributed by atoms with Crippen molar-refractivity contribution in [3.05, 3.63) is 53.8 Å². The van der Waals surface area contributed by atoms with Gasteiger partial charge in [-0.2, -0.15) is 13.2 Å². The van der Waals surface area contributed by atoms with Crippen molar-refractivity contribution >= 4 is 23.0 Å². The Morgan fingerprint density at radius 3 is 2.60 bits per heavy atom. The summed E-state index contributed by atoms with van der Waals surface area (Å²) in [6.45, 7) is 0. The lowest BCUT2D eigenvalue weighted by Gasteiger charge is -2.14. The Kier molecular flexibility index (Phi) is 4.44. The fourth-order valence-electron chi connectivity index (χ4n) is 1.77. The van der Waals surface area contributed by atoms with Gasteiger partial charge in [0.25, 0.3) is 0 Å². The third kappa shape index (κ3) is 4.09. The minimum atomic E-state index is -4.36. The first-order chi connectivity index (χ1) is 9.45. The molecule has 2 rings (SSSR count). The quantitative estimate of drug-likeness (QED) is 0.799. The van der Waals surface area contributed by atoms with Gasteiger partial charge in [0.05, 0.1) is 5.56 Å². The fourth-order valence-corrected chi connectivity index (χ4v) is 2.01. The van der Waals surface area contributed by atoms with Gasteiger partial charge in [0.2, 0.25) is 0 Å². The maximum atomic E-state index is 12.6. The van der Waals surface area contributed by atoms with Crippen LogP contribution in [0.2, 0.25) is 0 Å². The van der Waals surface area contributed by atoms with Crippen molar-refractivity contribution in [2.45, 2.75) is 19.0 Å². The first kappa shape index (κ1) is 14.6. The Hall–Kier alpha value is -1.82. The van der Waals surface area contributed by atoms with Gasteiger partial charge in [-0.05, 0) is 49.3 Å². The molecule has 0 unspecified atom stereocenters. The number of thiocarbonyl (C=S) groups is 1. The molecule has 1 aromatic rings. The van der Waals surface area contributed by atoms with Crippen LogP contribution in [0, 0.1) is 0 Å². The lowest BCUT2D eigenvalue weighted by Crippen LogP contribution is -2.27. The van der Waals surface area contributed by atoms with Crippen LogP contribution < -0.4 is 10.6 Å². The number of hydrogen-bond donors (Lipinski definition) is 2. The van der Waals surface area contributed by atoms with E-state index in [1.54, 1.807) is 0 Å². The Bertz CT molecular complexity index is 562. The van der Waals surface area contributed by atoms with Gasteiger partial charge in [0.1, 0.15) is 0 Å². The van der Waals surface area contributed by atoms with Crippen LogP contribution in [0.3, 0.4) is 0 Å². The van der Waals surface area contributed by atoms with E-state index in [4.69, 9.17) is 12.2 Å². The molecular weight excluding hydrogens is 285 g/mol. The molecule has 0 saturated carbocycles. The summed E-state index contributed by atoms with van der Waals surface area (Å²) in [5, 5.41) is 5.95. The molecule has 1 aliphatic carbocycles. The van der Waals surface area contributed by atoms with E-state index in [1.807, 2.05) is 18.2 Å². The summed E-state index contributed by atoms with van der Waals surface area (Å²) in [6, 6.07) is 4.93. The van der Waals surface area contributed by atoms with E-state index in [2.05, 4.69) is 10.6 Å². The van der Waals surface area contributed by atoms with Gasteiger partial charge in [0, 0.05) is 11.4 Å². The number of allylic oxidation sites excluding steroid dienone is 3. The standard InChI is InChI=1S/C14H13F3N2S/c15-14(16,17)10-5-4-8-12(9-10)19-13(20)18-11-6-2-1-3-7-11/h2,4-9H,1,3H2,(H2,18,19,20). The molecule has 0 bridgehead atoms. The first-order valence-corrected chi connectivity index (χ1v) is 6.48. The monoisotopic (exact) mass is 298 g/mol. The first-order valence-electron chi connectivity index (χ1n) is 6.07. The Morgan fingerprint density at radius 1 is 1.15 bits per heavy atom. The predicted molar refractivity (Wildman–Crippen MR) is 77.3 cm³/mol. The SMILES string of the molecule is FC(F)(F)c1cccc(NC(=S)NC2=CCCC=C2)c1. The van der Waals surface area contributed by atoms with Crippen LogP contribution in [0.15, 0.2) is 48.2 Å². The molecule has 0 saturated heterocycles. The van der Waals surface area contributed by atoms with Crippen molar-refractivity contribution in [1.82, 2.24) is 5.32 Å². The summed E-state index contributed by atoms with van der Waals surface area (Å²) < 4.78 is 37.8. The van der Waals surface area contributed by atoms with Crippen LogP contribution in [0.1, 0.15) is 18.4 Å². The van der Waals surface area contributed by atoms with E-state index in [0.29, 0.717) is 5.69 Å². The molecule has 2 N–H and O–H groups in total. The second kappa shape index (κ2) is 6.09. The average molecular weight is 298 g/mol. The van der Waals surface area contributed by atoms with Gasteiger partial charge in [-0.1, -0.05) is 18.2 Å². The van der Waals surface area contributed by atoms with E-state index in [-0.39, 0.29) is 5.11 Å². The second-order valence-corrected chi connectivity index (χ2v) is 4.71. The van der Waals surface area contributed by atoms with E-state index in [0.717, 1.165) is 30.7 Å². The lowest BCUT2D eigenvalue weighted by atomic mass is 10.1. The molecule has 0 atom stereocenters. The molecular formula is C14H13F3N2S. The third-order valence-corrected chi connectivity index (χ3v) is 2.90. The van der Waals surface area contributed by atoms with Crippen molar-refractivity contribution in [2.75, 3.05) is 5.32 Å². The molecule has 1 aromatic carbocycles. The third-order valence-electron chi connectivity index (χ3n) is 2.70. The van der Waals surface area contributed by atoms with Gasteiger partial charge in [-0.25, -0.2) is 0 Å². The van der Waals surface area contributed by atoms with E-state index >= 15 is 0 Å². The highest BCUT2D eigenvalue weighted by Gasteiger charge is 2.30. The predicted octanol–water partition coefficient (Wildman–Crippen LogP) is 4.23. The fraction of sp³-hybridized carbons (Fsp3) is 0.214. The topological polar surface area (TPSA) is 24.1 Å². The molecule has 2 nitrogen and oxygen atoms in total. The van der Waals surface area contributed by atoms with Crippen LogP contribution in [-0.2, 0) is 6.18 Å². The highest BCUT2D eigenvalue weighted by Crippen LogP contribution is 2.30. The zero-order chi connectivity index (χ0) is 14.6. The van der Waals surface area contributed by atoms with Crippen LogP contribution >= 0.6 is 12.2 Å². The zero-order valence-corrected chi connectivity index (χ0v) is 11.3. The van der Waals surface area contributed by atoms with Crippen LogP contribution in [-0.4, -0.2) is 5.11 Å². The molecule has 0 amide bonds. The van der Waals surface area contributed by atoms with Crippen LogP contribution in [0.25, 0.3) is 0 Å². The molecule has 0 aliphatic heterocycles. The van der Waals surface area contributed by atoms with Crippen molar-refractivity contribution < 1.29 is 13.2 Å². The minimum Gasteiger partial charge on any atom is -0.333 e. The van der Waals surface area contributed by atoms with E-state index in [1.165, 1.54) is 12.1 Å². The Labute approximate surface area is 120 Å². The summed E-state index contributed by atoms with van der Waals surface area (Å²) in [6.07, 6.45) is 3.43. The smallest absolute Gasteiger partial charge is 0.333 e. The molecule has 0 radical (unpaired) electrons. The summed E-state index contributed by atoms with van der Waals surface area (Å²) in [5.74, 6) is 0. The van der Waals surface area contributed by atoms with Gasteiger partial charge in [-0.15, -0.1) is 0 Å². The number of halogens is 3. The van der Waals surface area contributed by atoms with Crippen molar-refractivity contribution in [2.24, 2.45) is 0 Å². The molecule has 6 heteroatoms. The molecule has 20 heavy (non-hydrogen) atoms.